The molecule has 76 valence electrons. The molecule has 0 spiro atoms. The second kappa shape index (κ2) is 2.71. The topological polar surface area (TPSA) is 46.5 Å². The van der Waals surface area contributed by atoms with Crippen molar-refractivity contribution in [2.24, 2.45) is 11.3 Å². The van der Waals surface area contributed by atoms with E-state index in [4.69, 9.17) is 9.84 Å². The van der Waals surface area contributed by atoms with Crippen LogP contribution in [0.4, 0.5) is 0 Å². The number of hydrogen-bond donors (Lipinski definition) is 1. The normalized spacial score (nSPS) is 31.5. The van der Waals surface area contributed by atoms with Gasteiger partial charge in [0.05, 0.1) is 17.6 Å². The third-order valence-corrected chi connectivity index (χ3v) is 2.48. The van der Waals surface area contributed by atoms with Crippen molar-refractivity contribution in [2.45, 2.75) is 46.3 Å². The highest BCUT2D eigenvalue weighted by Crippen LogP contribution is 2.55. The van der Waals surface area contributed by atoms with Gasteiger partial charge < -0.3 is 9.84 Å². The maximum atomic E-state index is 10.8. The molecule has 1 fully saturated rings. The van der Waals surface area contributed by atoms with Gasteiger partial charge in [0.2, 0.25) is 0 Å². The standard InChI is InChI=1S/C10H18O3/c1-9(2,3)13-7-6(8(11)12)10(7,4)5/h6-7H,1-5H3,(H,11,12). The highest BCUT2D eigenvalue weighted by atomic mass is 16.5. The van der Waals surface area contributed by atoms with Crippen molar-refractivity contribution in [1.82, 2.24) is 0 Å². The first-order valence-corrected chi connectivity index (χ1v) is 4.57. The molecule has 0 radical (unpaired) electrons. The number of rotatable bonds is 2. The number of carbonyl (C=O) groups is 1. The average Bonchev–Trinajstić information content (AvgIpc) is 2.28. The minimum Gasteiger partial charge on any atom is -0.481 e. The molecule has 3 heteroatoms. The Bertz CT molecular complexity index is 225. The van der Waals surface area contributed by atoms with Crippen LogP contribution in [-0.2, 0) is 9.53 Å². The summed E-state index contributed by atoms with van der Waals surface area (Å²) in [5, 5.41) is 8.88. The first-order chi connectivity index (χ1) is 5.66. The third kappa shape index (κ3) is 2.02. The van der Waals surface area contributed by atoms with E-state index >= 15 is 0 Å². The van der Waals surface area contributed by atoms with Crippen LogP contribution in [0.15, 0.2) is 0 Å². The van der Waals surface area contributed by atoms with Gasteiger partial charge in [-0.3, -0.25) is 4.79 Å². The minimum atomic E-state index is -0.751. The summed E-state index contributed by atoms with van der Waals surface area (Å²) in [7, 11) is 0. The molecule has 13 heavy (non-hydrogen) atoms. The van der Waals surface area contributed by atoms with E-state index in [2.05, 4.69) is 0 Å². The lowest BCUT2D eigenvalue weighted by Crippen LogP contribution is -2.23. The van der Waals surface area contributed by atoms with E-state index in [0.717, 1.165) is 0 Å². The maximum absolute atomic E-state index is 10.8. The molecule has 2 atom stereocenters. The van der Waals surface area contributed by atoms with Crippen LogP contribution in [0.3, 0.4) is 0 Å². The monoisotopic (exact) mass is 186 g/mol. The summed E-state index contributed by atoms with van der Waals surface area (Å²) in [5.74, 6) is -1.09. The second-order valence-electron chi connectivity index (χ2n) is 5.29. The molecule has 1 aliphatic rings. The van der Waals surface area contributed by atoms with Crippen LogP contribution >= 0.6 is 0 Å². The van der Waals surface area contributed by atoms with E-state index in [0.29, 0.717) is 0 Å². The summed E-state index contributed by atoms with van der Waals surface area (Å²) < 4.78 is 5.66. The van der Waals surface area contributed by atoms with Gasteiger partial charge in [-0.25, -0.2) is 0 Å². The lowest BCUT2D eigenvalue weighted by Gasteiger charge is -2.20. The molecule has 0 aromatic heterocycles. The Kier molecular flexibility index (Phi) is 2.19. The predicted octanol–water partition coefficient (Wildman–Crippen LogP) is 1.91. The number of carboxylic acids is 1. The average molecular weight is 186 g/mol. The molecule has 1 rings (SSSR count). The van der Waals surface area contributed by atoms with Crippen LogP contribution < -0.4 is 0 Å². The Hall–Kier alpha value is -0.570. The van der Waals surface area contributed by atoms with E-state index in [1.54, 1.807) is 0 Å². The van der Waals surface area contributed by atoms with Crippen molar-refractivity contribution in [3.63, 3.8) is 0 Å². The Morgan fingerprint density at radius 3 is 2.08 bits per heavy atom. The van der Waals surface area contributed by atoms with Crippen LogP contribution in [-0.4, -0.2) is 22.8 Å². The highest BCUT2D eigenvalue weighted by molar-refractivity contribution is 5.76. The Morgan fingerprint density at radius 1 is 1.38 bits per heavy atom. The van der Waals surface area contributed by atoms with Gasteiger partial charge in [-0.2, -0.15) is 0 Å². The van der Waals surface area contributed by atoms with E-state index in [1.807, 2.05) is 34.6 Å². The zero-order valence-electron chi connectivity index (χ0n) is 8.92. The maximum Gasteiger partial charge on any atom is 0.309 e. The lowest BCUT2D eigenvalue weighted by atomic mass is 10.1. The van der Waals surface area contributed by atoms with Crippen molar-refractivity contribution in [3.05, 3.63) is 0 Å². The number of hydrogen-bond acceptors (Lipinski definition) is 2. The minimum absolute atomic E-state index is 0.134. The van der Waals surface area contributed by atoms with E-state index < -0.39 is 5.97 Å². The zero-order valence-corrected chi connectivity index (χ0v) is 8.92. The summed E-state index contributed by atoms with van der Waals surface area (Å²) in [5.41, 5.74) is -0.467. The molecule has 0 aromatic rings. The SMILES string of the molecule is CC(C)(C)OC1C(C(=O)O)C1(C)C. The fourth-order valence-electron chi connectivity index (χ4n) is 1.64. The molecule has 0 aromatic carbocycles. The third-order valence-electron chi connectivity index (χ3n) is 2.48. The largest absolute Gasteiger partial charge is 0.481 e. The molecule has 1 saturated carbocycles. The Labute approximate surface area is 79.1 Å². The molecule has 1 N–H and O–H groups in total. The van der Waals surface area contributed by atoms with Crippen molar-refractivity contribution in [1.29, 1.82) is 0 Å². The van der Waals surface area contributed by atoms with Crippen LogP contribution in [0.2, 0.25) is 0 Å². The van der Waals surface area contributed by atoms with Crippen LogP contribution in [0, 0.1) is 11.3 Å². The smallest absolute Gasteiger partial charge is 0.309 e. The van der Waals surface area contributed by atoms with Crippen molar-refractivity contribution >= 4 is 5.97 Å². The van der Waals surface area contributed by atoms with Gasteiger partial charge in [0.15, 0.2) is 0 Å². The van der Waals surface area contributed by atoms with Crippen LogP contribution in [0.25, 0.3) is 0 Å². The summed E-state index contributed by atoms with van der Waals surface area (Å²) in [6, 6.07) is 0. The van der Waals surface area contributed by atoms with Gasteiger partial charge in [0.25, 0.3) is 0 Å². The Balaban J connectivity index is 2.61. The molecule has 0 bridgehead atoms. The van der Waals surface area contributed by atoms with Gasteiger partial charge in [-0.1, -0.05) is 13.8 Å². The van der Waals surface area contributed by atoms with Gasteiger partial charge in [-0.15, -0.1) is 0 Å². The second-order valence-corrected chi connectivity index (χ2v) is 5.29. The van der Waals surface area contributed by atoms with Crippen LogP contribution in [0.5, 0.6) is 0 Å². The first kappa shape index (κ1) is 10.5. The Morgan fingerprint density at radius 2 is 1.85 bits per heavy atom. The van der Waals surface area contributed by atoms with Gasteiger partial charge in [0, 0.05) is 5.41 Å². The first-order valence-electron chi connectivity index (χ1n) is 4.57. The number of carboxylic acid groups (broad SMARTS) is 1. The summed E-state index contributed by atoms with van der Waals surface area (Å²) >= 11 is 0. The van der Waals surface area contributed by atoms with E-state index in [-0.39, 0.29) is 23.0 Å². The fourth-order valence-corrected chi connectivity index (χ4v) is 1.64. The van der Waals surface area contributed by atoms with Crippen molar-refractivity contribution < 1.29 is 14.6 Å². The number of ether oxygens (including phenoxy) is 1. The molecule has 0 amide bonds. The molecule has 0 heterocycles. The predicted molar refractivity (Wildman–Crippen MR) is 49.5 cm³/mol. The molecule has 3 nitrogen and oxygen atoms in total. The van der Waals surface area contributed by atoms with Crippen molar-refractivity contribution in [3.8, 4) is 0 Å². The summed E-state index contributed by atoms with van der Waals surface area (Å²) in [4.78, 5) is 10.8. The molecular formula is C10H18O3. The quantitative estimate of drug-likeness (QED) is 0.716. The van der Waals surface area contributed by atoms with E-state index in [9.17, 15) is 4.79 Å². The summed E-state index contributed by atoms with van der Waals surface area (Å²) in [6.07, 6.45) is -0.134. The molecule has 0 aliphatic heterocycles. The molecule has 0 saturated heterocycles. The molecule has 2 unspecified atom stereocenters. The molecular weight excluding hydrogens is 168 g/mol. The zero-order chi connectivity index (χ0) is 10.4. The van der Waals surface area contributed by atoms with Crippen LogP contribution in [0.1, 0.15) is 34.6 Å². The molecule has 1 aliphatic carbocycles. The summed E-state index contributed by atoms with van der Waals surface area (Å²) in [6.45, 7) is 9.70. The van der Waals surface area contributed by atoms with Crippen molar-refractivity contribution in [2.75, 3.05) is 0 Å². The van der Waals surface area contributed by atoms with E-state index in [1.165, 1.54) is 0 Å². The lowest BCUT2D eigenvalue weighted by molar-refractivity contribution is -0.140. The fraction of sp³-hybridized carbons (Fsp3) is 0.900. The van der Waals surface area contributed by atoms with Gasteiger partial charge in [0.1, 0.15) is 0 Å². The van der Waals surface area contributed by atoms with Gasteiger partial charge in [-0.05, 0) is 20.8 Å². The highest BCUT2D eigenvalue weighted by Gasteiger charge is 2.64. The number of aliphatic carboxylic acids is 1. The van der Waals surface area contributed by atoms with Gasteiger partial charge >= 0.3 is 5.97 Å².